The minimum Gasteiger partial charge on any atom is -0.493 e. The largest absolute Gasteiger partial charge is 0.493 e. The van der Waals surface area contributed by atoms with E-state index in [1.807, 2.05) is 67.6 Å². The van der Waals surface area contributed by atoms with E-state index < -0.39 is 5.97 Å². The number of carbonyl (C=O) groups excluding carboxylic acids is 1. The van der Waals surface area contributed by atoms with Gasteiger partial charge in [0.2, 0.25) is 5.90 Å². The van der Waals surface area contributed by atoms with Crippen LogP contribution in [-0.2, 0) is 16.0 Å². The molecule has 0 N–H and O–H groups in total. The first-order valence-corrected chi connectivity index (χ1v) is 10.7. The molecule has 4 nitrogen and oxygen atoms in total. The van der Waals surface area contributed by atoms with Crippen molar-refractivity contribution >= 4 is 40.5 Å². The minimum atomic E-state index is -0.440. The van der Waals surface area contributed by atoms with Gasteiger partial charge in [-0.15, -0.1) is 0 Å². The van der Waals surface area contributed by atoms with Gasteiger partial charge >= 0.3 is 5.97 Å². The number of nitrogens with zero attached hydrogens (tertiary/aromatic N) is 1. The zero-order valence-corrected chi connectivity index (χ0v) is 18.6. The molecule has 3 aromatic rings. The molecule has 0 spiro atoms. The summed E-state index contributed by atoms with van der Waals surface area (Å²) in [7, 11) is 0. The number of halogens is 1. The summed E-state index contributed by atoms with van der Waals surface area (Å²) < 4.78 is 12.3. The monoisotopic (exact) mass is 509 g/mol. The fourth-order valence-corrected chi connectivity index (χ4v) is 3.40. The number of benzene rings is 3. The van der Waals surface area contributed by atoms with Crippen LogP contribution in [0.4, 0.5) is 0 Å². The van der Waals surface area contributed by atoms with Crippen LogP contribution in [0.5, 0.6) is 5.75 Å². The Morgan fingerprint density at radius 3 is 2.53 bits per heavy atom. The van der Waals surface area contributed by atoms with Crippen molar-refractivity contribution in [3.05, 3.63) is 104 Å². The lowest BCUT2D eigenvalue weighted by atomic mass is 10.1. The van der Waals surface area contributed by atoms with E-state index in [0.29, 0.717) is 18.2 Å². The molecule has 0 atom stereocenters. The van der Waals surface area contributed by atoms with Gasteiger partial charge in [0, 0.05) is 15.6 Å². The SMILES string of the molecule is Cc1cc(C2=N/C(=C\c3ccc(OCCc4ccccc4)cc3)C(=O)O2)ccc1I. The van der Waals surface area contributed by atoms with Gasteiger partial charge in [0.1, 0.15) is 5.75 Å². The third kappa shape index (κ3) is 4.97. The molecule has 1 aliphatic rings. The van der Waals surface area contributed by atoms with Crippen LogP contribution >= 0.6 is 22.6 Å². The topological polar surface area (TPSA) is 47.9 Å². The van der Waals surface area contributed by atoms with Gasteiger partial charge in [0.05, 0.1) is 6.61 Å². The van der Waals surface area contributed by atoms with Gasteiger partial charge in [0.15, 0.2) is 5.70 Å². The number of cyclic esters (lactones) is 1. The number of esters is 1. The first kappa shape index (κ1) is 20.3. The normalized spacial score (nSPS) is 14.5. The van der Waals surface area contributed by atoms with Crippen molar-refractivity contribution in [1.29, 1.82) is 0 Å². The fraction of sp³-hybridized carbons (Fsp3) is 0.120. The molecular weight excluding hydrogens is 489 g/mol. The van der Waals surface area contributed by atoms with Crippen molar-refractivity contribution in [1.82, 2.24) is 0 Å². The highest BCUT2D eigenvalue weighted by Gasteiger charge is 2.24. The molecule has 0 amide bonds. The molecule has 0 aromatic heterocycles. The number of hydrogen-bond acceptors (Lipinski definition) is 4. The highest BCUT2D eigenvalue weighted by molar-refractivity contribution is 14.1. The molecule has 0 saturated carbocycles. The third-order valence-corrected chi connectivity index (χ3v) is 5.92. The fourth-order valence-electron chi connectivity index (χ4n) is 3.06. The van der Waals surface area contributed by atoms with E-state index in [2.05, 4.69) is 39.7 Å². The van der Waals surface area contributed by atoms with E-state index in [1.165, 1.54) is 5.56 Å². The second-order valence-corrected chi connectivity index (χ2v) is 8.12. The molecule has 0 aliphatic carbocycles. The Morgan fingerprint density at radius 1 is 1.03 bits per heavy atom. The average molecular weight is 509 g/mol. The first-order valence-electron chi connectivity index (χ1n) is 9.64. The molecule has 0 bridgehead atoms. The van der Waals surface area contributed by atoms with Gasteiger partial charge < -0.3 is 9.47 Å². The quantitative estimate of drug-likeness (QED) is 0.248. The molecule has 0 fully saturated rings. The lowest BCUT2D eigenvalue weighted by Crippen LogP contribution is -2.05. The van der Waals surface area contributed by atoms with Crippen LogP contribution in [-0.4, -0.2) is 18.5 Å². The maximum atomic E-state index is 12.2. The molecule has 150 valence electrons. The number of hydrogen-bond donors (Lipinski definition) is 0. The van der Waals surface area contributed by atoms with Gasteiger partial charge in [0.25, 0.3) is 0 Å². The van der Waals surface area contributed by atoms with Gasteiger partial charge in [-0.2, -0.15) is 0 Å². The summed E-state index contributed by atoms with van der Waals surface area (Å²) in [5.41, 5.74) is 4.31. The third-order valence-electron chi connectivity index (χ3n) is 4.71. The van der Waals surface area contributed by atoms with Gasteiger partial charge in [-0.1, -0.05) is 42.5 Å². The molecule has 1 heterocycles. The van der Waals surface area contributed by atoms with Crippen molar-refractivity contribution in [2.45, 2.75) is 13.3 Å². The van der Waals surface area contributed by atoms with Crippen molar-refractivity contribution in [2.75, 3.05) is 6.61 Å². The Labute approximate surface area is 189 Å². The Hall–Kier alpha value is -2.93. The van der Waals surface area contributed by atoms with Crippen molar-refractivity contribution in [3.63, 3.8) is 0 Å². The van der Waals surface area contributed by atoms with Gasteiger partial charge in [-0.25, -0.2) is 9.79 Å². The lowest BCUT2D eigenvalue weighted by Gasteiger charge is -2.06. The highest BCUT2D eigenvalue weighted by atomic mass is 127. The molecule has 0 unspecified atom stereocenters. The first-order chi connectivity index (χ1) is 14.6. The Kier molecular flexibility index (Phi) is 6.28. The summed E-state index contributed by atoms with van der Waals surface area (Å²) >= 11 is 2.27. The lowest BCUT2D eigenvalue weighted by molar-refractivity contribution is -0.129. The standard InChI is InChI=1S/C25H20INO3/c1-17-15-20(9-12-22(17)26)24-27-23(25(28)30-24)16-19-7-10-21(11-8-19)29-14-13-18-5-3-2-4-6-18/h2-12,15-16H,13-14H2,1H3/b23-16-. The van der Waals surface area contributed by atoms with E-state index >= 15 is 0 Å². The van der Waals surface area contributed by atoms with E-state index in [1.54, 1.807) is 6.08 Å². The second-order valence-electron chi connectivity index (χ2n) is 6.95. The molecule has 0 saturated heterocycles. The number of aliphatic imine (C=N–C) groups is 1. The zero-order chi connectivity index (χ0) is 20.9. The van der Waals surface area contributed by atoms with Crippen molar-refractivity contribution in [3.8, 4) is 5.75 Å². The molecule has 0 radical (unpaired) electrons. The van der Waals surface area contributed by atoms with E-state index in [4.69, 9.17) is 9.47 Å². The highest BCUT2D eigenvalue weighted by Crippen LogP contribution is 2.22. The Balaban J connectivity index is 1.42. The summed E-state index contributed by atoms with van der Waals surface area (Å²) in [6.45, 7) is 2.63. The minimum absolute atomic E-state index is 0.291. The van der Waals surface area contributed by atoms with Gasteiger partial charge in [-0.3, -0.25) is 0 Å². The van der Waals surface area contributed by atoms with Crippen LogP contribution in [0.25, 0.3) is 6.08 Å². The summed E-state index contributed by atoms with van der Waals surface area (Å²) in [5.74, 6) is 0.691. The molecule has 5 heteroatoms. The zero-order valence-electron chi connectivity index (χ0n) is 16.5. The number of aryl methyl sites for hydroxylation is 1. The smallest absolute Gasteiger partial charge is 0.363 e. The van der Waals surface area contributed by atoms with Crippen LogP contribution in [0.15, 0.2) is 83.5 Å². The Bertz CT molecular complexity index is 1120. The molecular formula is C25H20INO3. The predicted octanol–water partition coefficient (Wildman–Crippen LogP) is 5.57. The average Bonchev–Trinajstić information content (AvgIpc) is 3.12. The summed E-state index contributed by atoms with van der Waals surface area (Å²) in [5, 5.41) is 0. The van der Waals surface area contributed by atoms with E-state index in [-0.39, 0.29) is 0 Å². The summed E-state index contributed by atoms with van der Waals surface area (Å²) in [4.78, 5) is 16.6. The molecule has 1 aliphatic heterocycles. The maximum absolute atomic E-state index is 12.2. The summed E-state index contributed by atoms with van der Waals surface area (Å²) in [6.07, 6.45) is 2.58. The van der Waals surface area contributed by atoms with Crippen molar-refractivity contribution in [2.24, 2.45) is 4.99 Å². The number of ether oxygens (including phenoxy) is 2. The van der Waals surface area contributed by atoms with Crippen molar-refractivity contribution < 1.29 is 14.3 Å². The van der Waals surface area contributed by atoms with Gasteiger partial charge in [-0.05, 0) is 82.6 Å². The Morgan fingerprint density at radius 2 is 1.80 bits per heavy atom. The van der Waals surface area contributed by atoms with E-state index in [0.717, 1.165) is 32.4 Å². The summed E-state index contributed by atoms with van der Waals surface area (Å²) in [6, 6.07) is 23.7. The van der Waals surface area contributed by atoms with Crippen LogP contribution in [0.2, 0.25) is 0 Å². The van der Waals surface area contributed by atoms with Crippen LogP contribution in [0.3, 0.4) is 0 Å². The molecule has 30 heavy (non-hydrogen) atoms. The van der Waals surface area contributed by atoms with Crippen LogP contribution in [0, 0.1) is 10.5 Å². The number of rotatable bonds is 6. The maximum Gasteiger partial charge on any atom is 0.363 e. The molecule has 4 rings (SSSR count). The second kappa shape index (κ2) is 9.26. The van der Waals surface area contributed by atoms with E-state index in [9.17, 15) is 4.79 Å². The number of carbonyl (C=O) groups is 1. The molecule has 3 aromatic carbocycles. The predicted molar refractivity (Wildman–Crippen MR) is 127 cm³/mol. The van der Waals surface area contributed by atoms with Crippen LogP contribution < -0.4 is 4.74 Å². The van der Waals surface area contributed by atoms with Crippen LogP contribution in [0.1, 0.15) is 22.3 Å².